The van der Waals surface area contributed by atoms with Crippen molar-refractivity contribution in [1.82, 2.24) is 15.3 Å². The Bertz CT molecular complexity index is 1190. The molecule has 0 saturated heterocycles. The molecule has 2 aromatic carbocycles. The second-order valence-corrected chi connectivity index (χ2v) is 7.02. The number of carbonyl (C=O) groups excluding carboxylic acids is 1. The molecule has 4 nitrogen and oxygen atoms in total. The SMILES string of the molecule is Cc1ccccc1-c1cnc2[nH]cc(-c3ccc4c(c3)CCNC4=O)c2c1. The summed E-state index contributed by atoms with van der Waals surface area (Å²) in [6.45, 7) is 2.81. The standard InChI is InChI=1S/C23H19N3O/c1-14-4-2-3-5-18(14)17-11-20-21(13-26-22(20)25-12-17)15-6-7-19-16(10-15)8-9-24-23(19)27/h2-7,10-13H,8-9H2,1H3,(H,24,27)(H,25,26). The Morgan fingerprint density at radius 2 is 1.85 bits per heavy atom. The van der Waals surface area contributed by atoms with Crippen LogP contribution in [0.3, 0.4) is 0 Å². The van der Waals surface area contributed by atoms with E-state index < -0.39 is 0 Å². The molecular weight excluding hydrogens is 334 g/mol. The van der Waals surface area contributed by atoms with E-state index in [1.54, 1.807) is 0 Å². The monoisotopic (exact) mass is 353 g/mol. The summed E-state index contributed by atoms with van der Waals surface area (Å²) in [5, 5.41) is 3.99. The fourth-order valence-electron chi connectivity index (χ4n) is 3.88. The Hall–Kier alpha value is -3.40. The van der Waals surface area contributed by atoms with Crippen LogP contribution >= 0.6 is 0 Å². The summed E-state index contributed by atoms with van der Waals surface area (Å²) in [4.78, 5) is 19.9. The molecule has 4 heteroatoms. The predicted molar refractivity (Wildman–Crippen MR) is 108 cm³/mol. The minimum absolute atomic E-state index is 0.0187. The molecule has 0 unspecified atom stereocenters. The molecule has 27 heavy (non-hydrogen) atoms. The maximum atomic E-state index is 12.0. The molecule has 2 aromatic heterocycles. The van der Waals surface area contributed by atoms with E-state index in [0.29, 0.717) is 6.54 Å². The number of pyridine rings is 1. The first-order valence-electron chi connectivity index (χ1n) is 9.15. The topological polar surface area (TPSA) is 57.8 Å². The number of aromatic amines is 1. The fourth-order valence-corrected chi connectivity index (χ4v) is 3.88. The summed E-state index contributed by atoms with van der Waals surface area (Å²) in [7, 11) is 0. The van der Waals surface area contributed by atoms with E-state index >= 15 is 0 Å². The lowest BCUT2D eigenvalue weighted by atomic mass is 9.94. The van der Waals surface area contributed by atoms with E-state index in [1.807, 2.05) is 24.5 Å². The Kier molecular flexibility index (Phi) is 3.57. The minimum atomic E-state index is 0.0187. The van der Waals surface area contributed by atoms with Crippen LogP contribution in [0.15, 0.2) is 60.9 Å². The Labute approximate surface area is 157 Å². The normalized spacial score (nSPS) is 13.4. The number of hydrogen-bond donors (Lipinski definition) is 2. The van der Waals surface area contributed by atoms with Crippen LogP contribution in [0.4, 0.5) is 0 Å². The second kappa shape index (κ2) is 6.09. The number of H-pyrrole nitrogens is 1. The van der Waals surface area contributed by atoms with Gasteiger partial charge in [-0.25, -0.2) is 4.98 Å². The van der Waals surface area contributed by atoms with Crippen molar-refractivity contribution in [3.05, 3.63) is 77.6 Å². The number of amides is 1. The Balaban J connectivity index is 1.65. The lowest BCUT2D eigenvalue weighted by Crippen LogP contribution is -2.31. The molecule has 1 aliphatic heterocycles. The molecule has 132 valence electrons. The second-order valence-electron chi connectivity index (χ2n) is 7.02. The summed E-state index contributed by atoms with van der Waals surface area (Å²) in [5.41, 5.74) is 8.52. The van der Waals surface area contributed by atoms with Gasteiger partial charge in [0.05, 0.1) is 0 Å². The number of benzene rings is 2. The van der Waals surface area contributed by atoms with Gasteiger partial charge in [-0.2, -0.15) is 0 Å². The first-order chi connectivity index (χ1) is 13.2. The third kappa shape index (κ3) is 2.61. The van der Waals surface area contributed by atoms with Crippen molar-refractivity contribution in [1.29, 1.82) is 0 Å². The number of nitrogens with zero attached hydrogens (tertiary/aromatic N) is 1. The third-order valence-electron chi connectivity index (χ3n) is 5.33. The zero-order chi connectivity index (χ0) is 18.4. The molecule has 0 radical (unpaired) electrons. The van der Waals surface area contributed by atoms with Crippen LogP contribution in [0, 0.1) is 6.92 Å². The largest absolute Gasteiger partial charge is 0.352 e. The van der Waals surface area contributed by atoms with Gasteiger partial charge >= 0.3 is 0 Å². The zero-order valence-electron chi connectivity index (χ0n) is 15.0. The summed E-state index contributed by atoms with van der Waals surface area (Å²) in [6.07, 6.45) is 4.79. The number of aromatic nitrogens is 2. The van der Waals surface area contributed by atoms with E-state index in [-0.39, 0.29) is 5.91 Å². The summed E-state index contributed by atoms with van der Waals surface area (Å²) >= 11 is 0. The molecule has 0 atom stereocenters. The number of aryl methyl sites for hydroxylation is 1. The van der Waals surface area contributed by atoms with Crippen molar-refractivity contribution in [3.63, 3.8) is 0 Å². The van der Waals surface area contributed by atoms with E-state index in [1.165, 1.54) is 11.1 Å². The molecular formula is C23H19N3O. The van der Waals surface area contributed by atoms with Crippen molar-refractivity contribution in [2.75, 3.05) is 6.54 Å². The van der Waals surface area contributed by atoms with Gasteiger partial charge in [0, 0.05) is 41.0 Å². The van der Waals surface area contributed by atoms with Crippen molar-refractivity contribution < 1.29 is 4.79 Å². The quantitative estimate of drug-likeness (QED) is 0.558. The summed E-state index contributed by atoms with van der Waals surface area (Å²) < 4.78 is 0. The predicted octanol–water partition coefficient (Wildman–Crippen LogP) is 4.49. The average Bonchev–Trinajstić information content (AvgIpc) is 3.11. The highest BCUT2D eigenvalue weighted by atomic mass is 16.1. The fraction of sp³-hybridized carbons (Fsp3) is 0.130. The maximum Gasteiger partial charge on any atom is 0.251 e. The smallest absolute Gasteiger partial charge is 0.251 e. The molecule has 1 amide bonds. The van der Waals surface area contributed by atoms with E-state index in [0.717, 1.165) is 45.3 Å². The average molecular weight is 353 g/mol. The summed E-state index contributed by atoms with van der Waals surface area (Å²) in [5.74, 6) is 0.0187. The number of carbonyl (C=O) groups is 1. The molecule has 3 heterocycles. The van der Waals surface area contributed by atoms with Crippen LogP contribution in [0.2, 0.25) is 0 Å². The first kappa shape index (κ1) is 15.8. The van der Waals surface area contributed by atoms with Crippen LogP contribution in [-0.4, -0.2) is 22.4 Å². The van der Waals surface area contributed by atoms with E-state index in [2.05, 4.69) is 58.6 Å². The van der Waals surface area contributed by atoms with Crippen LogP contribution < -0.4 is 5.32 Å². The van der Waals surface area contributed by atoms with Gasteiger partial charge in [0.1, 0.15) is 5.65 Å². The zero-order valence-corrected chi connectivity index (χ0v) is 15.0. The number of nitrogens with one attached hydrogen (secondary N) is 2. The lowest BCUT2D eigenvalue weighted by Gasteiger charge is -2.17. The van der Waals surface area contributed by atoms with Gasteiger partial charge in [-0.3, -0.25) is 4.79 Å². The lowest BCUT2D eigenvalue weighted by molar-refractivity contribution is 0.0946. The molecule has 2 N–H and O–H groups in total. The molecule has 1 aliphatic rings. The van der Waals surface area contributed by atoms with Gasteiger partial charge in [-0.05, 0) is 47.7 Å². The number of rotatable bonds is 2. The molecule has 5 rings (SSSR count). The van der Waals surface area contributed by atoms with Gasteiger partial charge in [-0.1, -0.05) is 36.4 Å². The Morgan fingerprint density at radius 1 is 0.963 bits per heavy atom. The van der Waals surface area contributed by atoms with E-state index in [4.69, 9.17) is 0 Å². The van der Waals surface area contributed by atoms with Gasteiger partial charge < -0.3 is 10.3 Å². The molecule has 0 bridgehead atoms. The van der Waals surface area contributed by atoms with Crippen LogP contribution in [0.1, 0.15) is 21.5 Å². The number of hydrogen-bond acceptors (Lipinski definition) is 2. The van der Waals surface area contributed by atoms with Crippen LogP contribution in [-0.2, 0) is 6.42 Å². The first-order valence-corrected chi connectivity index (χ1v) is 9.15. The minimum Gasteiger partial charge on any atom is -0.352 e. The van der Waals surface area contributed by atoms with Gasteiger partial charge in [0.2, 0.25) is 0 Å². The van der Waals surface area contributed by atoms with Crippen molar-refractivity contribution in [2.24, 2.45) is 0 Å². The molecule has 4 aromatic rings. The molecule has 0 fully saturated rings. The van der Waals surface area contributed by atoms with Crippen molar-refractivity contribution >= 4 is 16.9 Å². The van der Waals surface area contributed by atoms with Crippen molar-refractivity contribution in [3.8, 4) is 22.3 Å². The molecule has 0 aliphatic carbocycles. The maximum absolute atomic E-state index is 12.0. The van der Waals surface area contributed by atoms with Gasteiger partial charge in [0.25, 0.3) is 5.91 Å². The highest BCUT2D eigenvalue weighted by Crippen LogP contribution is 2.33. The molecule has 0 saturated carbocycles. The van der Waals surface area contributed by atoms with Gasteiger partial charge in [-0.15, -0.1) is 0 Å². The highest BCUT2D eigenvalue weighted by molar-refractivity contribution is 5.99. The van der Waals surface area contributed by atoms with Crippen LogP contribution in [0.25, 0.3) is 33.3 Å². The van der Waals surface area contributed by atoms with Crippen molar-refractivity contribution in [2.45, 2.75) is 13.3 Å². The third-order valence-corrected chi connectivity index (χ3v) is 5.33. The van der Waals surface area contributed by atoms with Crippen LogP contribution in [0.5, 0.6) is 0 Å². The van der Waals surface area contributed by atoms with Gasteiger partial charge in [0.15, 0.2) is 0 Å². The highest BCUT2D eigenvalue weighted by Gasteiger charge is 2.18. The molecule has 0 spiro atoms. The van der Waals surface area contributed by atoms with E-state index in [9.17, 15) is 4.79 Å². The Morgan fingerprint density at radius 3 is 2.74 bits per heavy atom. The number of fused-ring (bicyclic) bond motifs is 2. The summed E-state index contributed by atoms with van der Waals surface area (Å²) in [6, 6.07) is 16.6.